The van der Waals surface area contributed by atoms with Crippen LogP contribution in [0.4, 0.5) is 5.82 Å². The van der Waals surface area contributed by atoms with E-state index in [1.807, 2.05) is 11.5 Å². The van der Waals surface area contributed by atoms with Crippen molar-refractivity contribution in [2.24, 2.45) is 0 Å². The van der Waals surface area contributed by atoms with Gasteiger partial charge in [-0.15, -0.1) is 0 Å². The first-order valence-corrected chi connectivity index (χ1v) is 5.28. The van der Waals surface area contributed by atoms with E-state index in [2.05, 4.69) is 30.5 Å². The normalized spacial score (nSPS) is 11.6. The Bertz CT molecular complexity index is 408. The third-order valence-corrected chi connectivity index (χ3v) is 2.93. The average molecular weight is 225 g/mol. The number of hydrogen-bond donors (Lipinski definition) is 1. The molecule has 0 amide bonds. The number of hydrogen-bond acceptors (Lipinski definition) is 4. The summed E-state index contributed by atoms with van der Waals surface area (Å²) in [6.45, 7) is 8.01. The zero-order valence-corrected chi connectivity index (χ0v) is 10.5. The maximum Gasteiger partial charge on any atom is 0.360 e. The number of aryl methyl sites for hydroxylation is 1. The van der Waals surface area contributed by atoms with Crippen LogP contribution in [0.2, 0.25) is 0 Å². The molecule has 0 aliphatic rings. The maximum absolute atomic E-state index is 11.4. The van der Waals surface area contributed by atoms with Crippen molar-refractivity contribution in [2.45, 2.75) is 39.7 Å². The Morgan fingerprint density at radius 1 is 1.56 bits per heavy atom. The summed E-state index contributed by atoms with van der Waals surface area (Å²) in [6.07, 6.45) is 0.898. The Morgan fingerprint density at radius 3 is 2.56 bits per heavy atom. The molecule has 0 aliphatic carbocycles. The van der Waals surface area contributed by atoms with Crippen molar-refractivity contribution in [3.8, 4) is 0 Å². The molecular weight excluding hydrogens is 206 g/mol. The zero-order chi connectivity index (χ0) is 12.5. The van der Waals surface area contributed by atoms with Gasteiger partial charge in [0.25, 0.3) is 0 Å². The van der Waals surface area contributed by atoms with Gasteiger partial charge in [0, 0.05) is 5.54 Å². The van der Waals surface area contributed by atoms with Gasteiger partial charge < -0.3 is 15.0 Å². The second-order valence-electron chi connectivity index (χ2n) is 4.39. The predicted molar refractivity (Wildman–Crippen MR) is 62.3 cm³/mol. The molecule has 0 spiro atoms. The molecule has 2 N–H and O–H groups in total. The lowest BCUT2D eigenvalue weighted by Gasteiger charge is -2.27. The van der Waals surface area contributed by atoms with Crippen molar-refractivity contribution in [3.05, 3.63) is 11.5 Å². The van der Waals surface area contributed by atoms with Crippen molar-refractivity contribution < 1.29 is 9.53 Å². The second kappa shape index (κ2) is 4.15. The summed E-state index contributed by atoms with van der Waals surface area (Å²) in [7, 11) is 1.32. The molecular formula is C11H19N3O2. The lowest BCUT2D eigenvalue weighted by atomic mass is 10.0. The first kappa shape index (κ1) is 12.5. The third kappa shape index (κ3) is 1.89. The highest BCUT2D eigenvalue weighted by atomic mass is 16.5. The number of methoxy groups -OCH3 is 1. The van der Waals surface area contributed by atoms with Crippen LogP contribution in [0.3, 0.4) is 0 Å². The van der Waals surface area contributed by atoms with E-state index in [0.29, 0.717) is 5.82 Å². The largest absolute Gasteiger partial charge is 0.464 e. The first-order valence-electron chi connectivity index (χ1n) is 5.28. The van der Waals surface area contributed by atoms with Crippen LogP contribution in [0.25, 0.3) is 0 Å². The molecule has 1 rings (SSSR count). The molecule has 0 unspecified atom stereocenters. The number of imidazole rings is 1. The number of aromatic nitrogens is 2. The Labute approximate surface area is 95.6 Å². The van der Waals surface area contributed by atoms with Crippen LogP contribution in [0, 0.1) is 6.92 Å². The number of carbonyl (C=O) groups excluding carboxylic acids is 1. The molecule has 0 radical (unpaired) electrons. The zero-order valence-electron chi connectivity index (χ0n) is 10.5. The topological polar surface area (TPSA) is 70.1 Å². The fourth-order valence-electron chi connectivity index (χ4n) is 1.72. The highest BCUT2D eigenvalue weighted by Gasteiger charge is 2.27. The van der Waals surface area contributed by atoms with Crippen LogP contribution in [0.5, 0.6) is 0 Å². The Morgan fingerprint density at radius 2 is 2.12 bits per heavy atom. The number of ether oxygens (including phenoxy) is 1. The Kier molecular flexibility index (Phi) is 3.26. The van der Waals surface area contributed by atoms with Gasteiger partial charge in [-0.2, -0.15) is 0 Å². The standard InChI is InChI=1S/C11H19N3O2/c1-6-11(3,4)14-7(2)13-8(9(14)12)10(15)16-5/h6,12H2,1-5H3. The van der Waals surface area contributed by atoms with Crippen molar-refractivity contribution in [3.63, 3.8) is 0 Å². The fraction of sp³-hybridized carbons (Fsp3) is 0.636. The highest BCUT2D eigenvalue weighted by molar-refractivity contribution is 5.92. The van der Waals surface area contributed by atoms with Crippen molar-refractivity contribution >= 4 is 11.8 Å². The molecule has 90 valence electrons. The molecule has 0 saturated heterocycles. The number of carbonyl (C=O) groups is 1. The first-order chi connectivity index (χ1) is 7.35. The summed E-state index contributed by atoms with van der Waals surface area (Å²) in [5.74, 6) is 0.604. The van der Waals surface area contributed by atoms with Gasteiger partial charge in [-0.25, -0.2) is 9.78 Å². The summed E-state index contributed by atoms with van der Waals surface area (Å²) in [4.78, 5) is 15.6. The smallest absolute Gasteiger partial charge is 0.360 e. The van der Waals surface area contributed by atoms with E-state index in [9.17, 15) is 4.79 Å². The third-order valence-electron chi connectivity index (χ3n) is 2.93. The number of nitrogens with zero attached hydrogens (tertiary/aromatic N) is 2. The van der Waals surface area contributed by atoms with Gasteiger partial charge in [0.1, 0.15) is 11.6 Å². The average Bonchev–Trinajstić information content (AvgIpc) is 2.53. The van der Waals surface area contributed by atoms with Crippen molar-refractivity contribution in [1.82, 2.24) is 9.55 Å². The Hall–Kier alpha value is -1.52. The van der Waals surface area contributed by atoms with E-state index in [4.69, 9.17) is 5.73 Å². The molecule has 0 aromatic carbocycles. The van der Waals surface area contributed by atoms with Crippen molar-refractivity contribution in [2.75, 3.05) is 12.8 Å². The Balaban J connectivity index is 3.33. The summed E-state index contributed by atoms with van der Waals surface area (Å²) in [5, 5.41) is 0. The molecule has 0 aliphatic heterocycles. The minimum absolute atomic E-state index is 0.159. The molecule has 0 fully saturated rings. The lowest BCUT2D eigenvalue weighted by Crippen LogP contribution is -2.28. The summed E-state index contributed by atoms with van der Waals surface area (Å²) >= 11 is 0. The molecule has 1 aromatic heterocycles. The molecule has 5 nitrogen and oxygen atoms in total. The molecule has 1 heterocycles. The summed E-state index contributed by atoms with van der Waals surface area (Å²) < 4.78 is 6.51. The minimum atomic E-state index is -0.494. The maximum atomic E-state index is 11.4. The molecule has 16 heavy (non-hydrogen) atoms. The fourth-order valence-corrected chi connectivity index (χ4v) is 1.72. The van der Waals surface area contributed by atoms with Crippen molar-refractivity contribution in [1.29, 1.82) is 0 Å². The van der Waals surface area contributed by atoms with Crippen LogP contribution in [-0.2, 0) is 10.3 Å². The van der Waals surface area contributed by atoms with E-state index in [0.717, 1.165) is 12.2 Å². The van der Waals surface area contributed by atoms with Gasteiger partial charge in [-0.3, -0.25) is 0 Å². The predicted octanol–water partition coefficient (Wildman–Crippen LogP) is 1.71. The SMILES string of the molecule is CCC(C)(C)n1c(C)nc(C(=O)OC)c1N. The van der Waals surface area contributed by atoms with Gasteiger partial charge in [-0.1, -0.05) is 6.92 Å². The number of nitrogen functional groups attached to an aromatic ring is 1. The monoisotopic (exact) mass is 225 g/mol. The molecule has 0 bridgehead atoms. The van der Waals surface area contributed by atoms with Crippen LogP contribution in [0.15, 0.2) is 0 Å². The van der Waals surface area contributed by atoms with Crippen LogP contribution < -0.4 is 5.73 Å². The van der Waals surface area contributed by atoms with E-state index >= 15 is 0 Å². The van der Waals surface area contributed by atoms with Gasteiger partial charge >= 0.3 is 5.97 Å². The second-order valence-corrected chi connectivity index (χ2v) is 4.39. The van der Waals surface area contributed by atoms with Crippen LogP contribution in [-0.4, -0.2) is 22.6 Å². The van der Waals surface area contributed by atoms with E-state index in [1.54, 1.807) is 0 Å². The minimum Gasteiger partial charge on any atom is -0.464 e. The summed E-state index contributed by atoms with van der Waals surface area (Å²) in [5.41, 5.74) is 5.98. The molecule has 0 saturated carbocycles. The van der Waals surface area contributed by atoms with Crippen LogP contribution in [0.1, 0.15) is 43.5 Å². The van der Waals surface area contributed by atoms with Gasteiger partial charge in [0.15, 0.2) is 5.69 Å². The van der Waals surface area contributed by atoms with Crippen LogP contribution >= 0.6 is 0 Å². The van der Waals surface area contributed by atoms with Gasteiger partial charge in [-0.05, 0) is 27.2 Å². The van der Waals surface area contributed by atoms with E-state index < -0.39 is 5.97 Å². The molecule has 0 atom stereocenters. The number of nitrogens with two attached hydrogens (primary N) is 1. The molecule has 1 aromatic rings. The van der Waals surface area contributed by atoms with Gasteiger partial charge in [0.05, 0.1) is 7.11 Å². The summed E-state index contributed by atoms with van der Waals surface area (Å²) in [6, 6.07) is 0. The van der Waals surface area contributed by atoms with E-state index in [-0.39, 0.29) is 11.2 Å². The lowest BCUT2D eigenvalue weighted by molar-refractivity contribution is 0.0595. The van der Waals surface area contributed by atoms with Gasteiger partial charge in [0.2, 0.25) is 0 Å². The van der Waals surface area contributed by atoms with E-state index in [1.165, 1.54) is 7.11 Å². The number of rotatable bonds is 3. The molecule has 5 heteroatoms. The number of esters is 1. The quantitative estimate of drug-likeness (QED) is 0.795. The highest BCUT2D eigenvalue weighted by Crippen LogP contribution is 2.27. The number of anilines is 1.